The zero-order chi connectivity index (χ0) is 16.5. The van der Waals surface area contributed by atoms with Gasteiger partial charge in [-0.3, -0.25) is 0 Å². The van der Waals surface area contributed by atoms with Crippen LogP contribution in [0, 0.1) is 6.92 Å². The van der Waals surface area contributed by atoms with Crippen LogP contribution in [0.5, 0.6) is 5.75 Å². The van der Waals surface area contributed by atoms with Crippen LogP contribution in [0.3, 0.4) is 0 Å². The number of nitrogens with zero attached hydrogens (tertiary/aromatic N) is 3. The highest BCUT2D eigenvalue weighted by molar-refractivity contribution is 8.01. The first-order chi connectivity index (χ1) is 11.7. The molecule has 0 unspecified atom stereocenters. The highest BCUT2D eigenvalue weighted by Crippen LogP contribution is 2.40. The summed E-state index contributed by atoms with van der Waals surface area (Å²) in [6.45, 7) is 2.00. The van der Waals surface area contributed by atoms with Gasteiger partial charge in [0, 0.05) is 22.0 Å². The SMILES string of the molecule is COc1ccc(-c2csc3ncnc(Sc4nc(C)cs4)c23)cc1. The van der Waals surface area contributed by atoms with Gasteiger partial charge in [0.1, 0.15) is 21.9 Å². The Kier molecular flexibility index (Phi) is 4.22. The van der Waals surface area contributed by atoms with E-state index < -0.39 is 0 Å². The van der Waals surface area contributed by atoms with E-state index in [9.17, 15) is 0 Å². The van der Waals surface area contributed by atoms with E-state index in [1.165, 1.54) is 0 Å². The average molecular weight is 372 g/mol. The number of thiazole rings is 1. The van der Waals surface area contributed by atoms with E-state index in [2.05, 4.69) is 37.8 Å². The van der Waals surface area contributed by atoms with Crippen molar-refractivity contribution in [2.75, 3.05) is 7.11 Å². The minimum atomic E-state index is 0.849. The first-order valence-corrected chi connectivity index (χ1v) is 9.79. The normalized spacial score (nSPS) is 11.1. The van der Waals surface area contributed by atoms with Gasteiger partial charge in [0.15, 0.2) is 4.34 Å². The summed E-state index contributed by atoms with van der Waals surface area (Å²) in [5, 5.41) is 6.23. The highest BCUT2D eigenvalue weighted by Gasteiger charge is 2.15. The molecule has 0 aliphatic rings. The Morgan fingerprint density at radius 3 is 2.58 bits per heavy atom. The van der Waals surface area contributed by atoms with Gasteiger partial charge >= 0.3 is 0 Å². The first-order valence-electron chi connectivity index (χ1n) is 7.21. The van der Waals surface area contributed by atoms with Gasteiger partial charge in [0.2, 0.25) is 0 Å². The van der Waals surface area contributed by atoms with Crippen molar-refractivity contribution in [2.45, 2.75) is 16.3 Å². The van der Waals surface area contributed by atoms with E-state index >= 15 is 0 Å². The number of methoxy groups -OCH3 is 1. The summed E-state index contributed by atoms with van der Waals surface area (Å²) in [7, 11) is 1.67. The molecule has 0 saturated heterocycles. The van der Waals surface area contributed by atoms with Gasteiger partial charge in [0.25, 0.3) is 0 Å². The summed E-state index contributed by atoms with van der Waals surface area (Å²) in [6, 6.07) is 8.07. The lowest BCUT2D eigenvalue weighted by Crippen LogP contribution is -1.86. The number of fused-ring (bicyclic) bond motifs is 1. The van der Waals surface area contributed by atoms with Crippen molar-refractivity contribution in [3.63, 3.8) is 0 Å². The van der Waals surface area contributed by atoms with Crippen molar-refractivity contribution in [2.24, 2.45) is 0 Å². The molecule has 4 rings (SSSR count). The maximum Gasteiger partial charge on any atom is 0.156 e. The van der Waals surface area contributed by atoms with Crippen molar-refractivity contribution in [1.29, 1.82) is 0 Å². The van der Waals surface area contributed by atoms with Crippen LogP contribution in [0.1, 0.15) is 5.69 Å². The largest absolute Gasteiger partial charge is 0.497 e. The third-order valence-corrected chi connectivity index (χ3v) is 6.46. The number of hydrogen-bond acceptors (Lipinski definition) is 7. The lowest BCUT2D eigenvalue weighted by atomic mass is 10.1. The molecule has 3 aromatic heterocycles. The molecular weight excluding hydrogens is 358 g/mol. The van der Waals surface area contributed by atoms with Crippen LogP contribution >= 0.6 is 34.4 Å². The van der Waals surface area contributed by atoms with E-state index in [1.54, 1.807) is 47.9 Å². The minimum Gasteiger partial charge on any atom is -0.497 e. The summed E-state index contributed by atoms with van der Waals surface area (Å²) in [5.41, 5.74) is 3.32. The monoisotopic (exact) mass is 371 g/mol. The molecule has 0 N–H and O–H groups in total. The zero-order valence-electron chi connectivity index (χ0n) is 13.0. The van der Waals surface area contributed by atoms with Gasteiger partial charge in [-0.05, 0) is 36.4 Å². The van der Waals surface area contributed by atoms with E-state index in [-0.39, 0.29) is 0 Å². The lowest BCUT2D eigenvalue weighted by molar-refractivity contribution is 0.415. The summed E-state index contributed by atoms with van der Waals surface area (Å²) in [4.78, 5) is 14.4. The van der Waals surface area contributed by atoms with Crippen LogP contribution in [0.25, 0.3) is 21.3 Å². The first kappa shape index (κ1) is 15.6. The molecular formula is C17H13N3OS3. The Balaban J connectivity index is 1.81. The van der Waals surface area contributed by atoms with Gasteiger partial charge < -0.3 is 4.74 Å². The van der Waals surface area contributed by atoms with Crippen molar-refractivity contribution >= 4 is 44.7 Å². The second-order valence-electron chi connectivity index (χ2n) is 5.09. The smallest absolute Gasteiger partial charge is 0.156 e. The predicted molar refractivity (Wildman–Crippen MR) is 100 cm³/mol. The van der Waals surface area contributed by atoms with Gasteiger partial charge in [-0.2, -0.15) is 0 Å². The fraction of sp³-hybridized carbons (Fsp3) is 0.118. The Labute approximate surface area is 151 Å². The zero-order valence-corrected chi connectivity index (χ0v) is 15.5. The number of hydrogen-bond donors (Lipinski definition) is 0. The molecule has 0 saturated carbocycles. The third-order valence-electron chi connectivity index (χ3n) is 3.52. The second kappa shape index (κ2) is 6.51. The minimum absolute atomic E-state index is 0.849. The highest BCUT2D eigenvalue weighted by atomic mass is 32.2. The quantitative estimate of drug-likeness (QED) is 0.457. The van der Waals surface area contributed by atoms with Crippen LogP contribution < -0.4 is 4.74 Å². The van der Waals surface area contributed by atoms with Crippen LogP contribution in [0.15, 0.2) is 50.7 Å². The molecule has 0 aliphatic heterocycles. The van der Waals surface area contributed by atoms with Gasteiger partial charge in [-0.15, -0.1) is 22.7 Å². The molecule has 0 radical (unpaired) electrons. The number of benzene rings is 1. The van der Waals surface area contributed by atoms with E-state index in [1.807, 2.05) is 19.1 Å². The Hall–Kier alpha value is -1.96. The summed E-state index contributed by atoms with van der Waals surface area (Å²) >= 11 is 4.87. The summed E-state index contributed by atoms with van der Waals surface area (Å²) < 4.78 is 6.25. The van der Waals surface area contributed by atoms with E-state index in [0.29, 0.717) is 0 Å². The molecule has 120 valence electrons. The van der Waals surface area contributed by atoms with Gasteiger partial charge in [-0.1, -0.05) is 12.1 Å². The Bertz CT molecular complexity index is 992. The summed E-state index contributed by atoms with van der Waals surface area (Å²) in [5.74, 6) is 0.849. The van der Waals surface area contributed by atoms with Gasteiger partial charge in [0.05, 0.1) is 12.5 Å². The van der Waals surface area contributed by atoms with Crippen LogP contribution in [0.4, 0.5) is 0 Å². The summed E-state index contributed by atoms with van der Waals surface area (Å²) in [6.07, 6.45) is 1.62. The number of aromatic nitrogens is 3. The molecule has 24 heavy (non-hydrogen) atoms. The lowest BCUT2D eigenvalue weighted by Gasteiger charge is -2.05. The average Bonchev–Trinajstić information content (AvgIpc) is 3.22. The number of thiophene rings is 1. The van der Waals surface area contributed by atoms with Crippen molar-refractivity contribution in [3.8, 4) is 16.9 Å². The van der Waals surface area contributed by atoms with Crippen molar-refractivity contribution < 1.29 is 4.74 Å². The maximum absolute atomic E-state index is 5.25. The predicted octanol–water partition coefficient (Wildman–Crippen LogP) is 5.28. The molecule has 1 aromatic carbocycles. The van der Waals surface area contributed by atoms with Crippen LogP contribution in [-0.2, 0) is 0 Å². The van der Waals surface area contributed by atoms with Crippen LogP contribution in [-0.4, -0.2) is 22.1 Å². The molecule has 3 heterocycles. The van der Waals surface area contributed by atoms with E-state index in [0.717, 1.165) is 42.2 Å². The standard InChI is InChI=1S/C17H13N3OS3/c1-10-7-23-17(20-10)24-16-14-13(8-22-15(14)18-9-19-16)11-3-5-12(21-2)6-4-11/h3-9H,1-2H3. The van der Waals surface area contributed by atoms with Crippen molar-refractivity contribution in [1.82, 2.24) is 15.0 Å². The fourth-order valence-electron chi connectivity index (χ4n) is 2.37. The topological polar surface area (TPSA) is 47.9 Å². The molecule has 0 aliphatic carbocycles. The Morgan fingerprint density at radius 2 is 1.88 bits per heavy atom. The number of aryl methyl sites for hydroxylation is 1. The molecule has 0 bridgehead atoms. The van der Waals surface area contributed by atoms with E-state index in [4.69, 9.17) is 4.74 Å². The number of rotatable bonds is 4. The molecule has 7 heteroatoms. The molecule has 0 spiro atoms. The third kappa shape index (κ3) is 2.90. The van der Waals surface area contributed by atoms with Gasteiger partial charge in [-0.25, -0.2) is 15.0 Å². The molecule has 0 fully saturated rings. The van der Waals surface area contributed by atoms with Crippen LogP contribution in [0.2, 0.25) is 0 Å². The molecule has 4 nitrogen and oxygen atoms in total. The maximum atomic E-state index is 5.25. The molecule has 0 atom stereocenters. The molecule has 0 amide bonds. The molecule has 4 aromatic rings. The Morgan fingerprint density at radius 1 is 1.04 bits per heavy atom. The number of ether oxygens (including phenoxy) is 1. The fourth-order valence-corrected chi connectivity index (χ4v) is 5.21. The van der Waals surface area contributed by atoms with Crippen molar-refractivity contribution in [3.05, 3.63) is 47.0 Å². The second-order valence-corrected chi connectivity index (χ2v) is 8.05.